The molecule has 0 aliphatic heterocycles. The van der Waals surface area contributed by atoms with Gasteiger partial charge in [0.25, 0.3) is 0 Å². The van der Waals surface area contributed by atoms with Crippen molar-refractivity contribution in [2.24, 2.45) is 0 Å². The van der Waals surface area contributed by atoms with Gasteiger partial charge in [0.15, 0.2) is 0 Å². The number of hydrogen-bond donors (Lipinski definition) is 1. The standard InChI is InChI=1S/C18H35NO/c1-4-5-6-7-8-9-10-11-12-13-14-15-16-19-18(20)17(2)3/h2,4-16H2,1,3H3,(H,19,20). The fraction of sp³-hybridized carbons (Fsp3) is 0.833. The molecule has 0 saturated heterocycles. The molecule has 0 aromatic heterocycles. The van der Waals surface area contributed by atoms with Gasteiger partial charge in [-0.15, -0.1) is 0 Å². The van der Waals surface area contributed by atoms with Crippen molar-refractivity contribution in [3.05, 3.63) is 12.2 Å². The first-order chi connectivity index (χ1) is 9.68. The Hall–Kier alpha value is -0.790. The fourth-order valence-electron chi connectivity index (χ4n) is 2.32. The van der Waals surface area contributed by atoms with Gasteiger partial charge in [-0.1, -0.05) is 84.1 Å². The molecule has 1 N–H and O–H groups in total. The highest BCUT2D eigenvalue weighted by Gasteiger charge is 1.99. The van der Waals surface area contributed by atoms with Gasteiger partial charge in [0, 0.05) is 12.1 Å². The van der Waals surface area contributed by atoms with Crippen LogP contribution < -0.4 is 5.32 Å². The lowest BCUT2D eigenvalue weighted by Crippen LogP contribution is -2.24. The summed E-state index contributed by atoms with van der Waals surface area (Å²) in [7, 11) is 0. The van der Waals surface area contributed by atoms with Crippen molar-refractivity contribution in [2.45, 2.75) is 90.9 Å². The van der Waals surface area contributed by atoms with Crippen LogP contribution in [0, 0.1) is 0 Å². The van der Waals surface area contributed by atoms with Crippen LogP contribution in [0.4, 0.5) is 0 Å². The van der Waals surface area contributed by atoms with Crippen LogP contribution in [0.2, 0.25) is 0 Å². The molecule has 0 rings (SSSR count). The van der Waals surface area contributed by atoms with E-state index < -0.39 is 0 Å². The molecule has 0 saturated carbocycles. The van der Waals surface area contributed by atoms with Gasteiger partial charge in [0.2, 0.25) is 5.91 Å². The summed E-state index contributed by atoms with van der Waals surface area (Å²) in [4.78, 5) is 11.2. The van der Waals surface area contributed by atoms with E-state index in [2.05, 4.69) is 18.8 Å². The second-order valence-electron chi connectivity index (χ2n) is 5.93. The van der Waals surface area contributed by atoms with Crippen molar-refractivity contribution in [3.63, 3.8) is 0 Å². The Labute approximate surface area is 126 Å². The molecule has 0 aromatic carbocycles. The zero-order chi connectivity index (χ0) is 15.1. The van der Waals surface area contributed by atoms with Crippen LogP contribution >= 0.6 is 0 Å². The Bertz CT molecular complexity index is 248. The number of carbonyl (C=O) groups excluding carboxylic acids is 1. The normalized spacial score (nSPS) is 10.5. The minimum Gasteiger partial charge on any atom is -0.352 e. The molecule has 0 fully saturated rings. The van der Waals surface area contributed by atoms with Crippen molar-refractivity contribution >= 4 is 5.91 Å². The minimum absolute atomic E-state index is 0.00641. The van der Waals surface area contributed by atoms with Gasteiger partial charge in [-0.05, 0) is 13.3 Å². The third-order valence-corrected chi connectivity index (χ3v) is 3.70. The zero-order valence-electron chi connectivity index (χ0n) is 13.8. The van der Waals surface area contributed by atoms with E-state index in [4.69, 9.17) is 0 Å². The number of amides is 1. The zero-order valence-corrected chi connectivity index (χ0v) is 13.8. The third kappa shape index (κ3) is 13.6. The van der Waals surface area contributed by atoms with Crippen LogP contribution in [0.1, 0.15) is 90.9 Å². The van der Waals surface area contributed by atoms with E-state index in [9.17, 15) is 4.79 Å². The molecule has 2 heteroatoms. The van der Waals surface area contributed by atoms with Crippen molar-refractivity contribution in [1.82, 2.24) is 5.32 Å². The van der Waals surface area contributed by atoms with Crippen molar-refractivity contribution < 1.29 is 4.79 Å². The van der Waals surface area contributed by atoms with Crippen LogP contribution in [-0.4, -0.2) is 12.5 Å². The van der Waals surface area contributed by atoms with E-state index in [-0.39, 0.29) is 5.91 Å². The molecule has 0 heterocycles. The van der Waals surface area contributed by atoms with Crippen molar-refractivity contribution in [3.8, 4) is 0 Å². The van der Waals surface area contributed by atoms with Gasteiger partial charge in [-0.2, -0.15) is 0 Å². The minimum atomic E-state index is -0.00641. The largest absolute Gasteiger partial charge is 0.352 e. The Morgan fingerprint density at radius 1 is 0.800 bits per heavy atom. The van der Waals surface area contributed by atoms with Gasteiger partial charge in [-0.3, -0.25) is 4.79 Å². The number of unbranched alkanes of at least 4 members (excludes halogenated alkanes) is 11. The maximum Gasteiger partial charge on any atom is 0.246 e. The predicted molar refractivity (Wildman–Crippen MR) is 88.9 cm³/mol. The Morgan fingerprint density at radius 3 is 1.60 bits per heavy atom. The SMILES string of the molecule is C=C(C)C(=O)NCCCCCCCCCCCCCC. The summed E-state index contributed by atoms with van der Waals surface area (Å²) in [6.07, 6.45) is 16.2. The monoisotopic (exact) mass is 281 g/mol. The number of nitrogens with one attached hydrogen (secondary N) is 1. The van der Waals surface area contributed by atoms with Crippen LogP contribution in [-0.2, 0) is 4.79 Å². The number of hydrogen-bond acceptors (Lipinski definition) is 1. The molecule has 0 radical (unpaired) electrons. The lowest BCUT2D eigenvalue weighted by Gasteiger charge is -2.05. The highest BCUT2D eigenvalue weighted by Crippen LogP contribution is 2.11. The quantitative estimate of drug-likeness (QED) is 0.336. The van der Waals surface area contributed by atoms with E-state index >= 15 is 0 Å². The Balaban J connectivity index is 3.06. The van der Waals surface area contributed by atoms with Gasteiger partial charge >= 0.3 is 0 Å². The summed E-state index contributed by atoms with van der Waals surface area (Å²) in [6, 6.07) is 0. The number of carbonyl (C=O) groups is 1. The summed E-state index contributed by atoms with van der Waals surface area (Å²) in [5.41, 5.74) is 0.601. The highest BCUT2D eigenvalue weighted by molar-refractivity contribution is 5.91. The molecule has 0 aromatic rings. The smallest absolute Gasteiger partial charge is 0.246 e. The van der Waals surface area contributed by atoms with Gasteiger partial charge in [0.1, 0.15) is 0 Å². The van der Waals surface area contributed by atoms with Gasteiger partial charge < -0.3 is 5.32 Å². The highest BCUT2D eigenvalue weighted by atomic mass is 16.1. The Morgan fingerprint density at radius 2 is 1.20 bits per heavy atom. The second kappa shape index (κ2) is 14.6. The first-order valence-electron chi connectivity index (χ1n) is 8.62. The van der Waals surface area contributed by atoms with Crippen LogP contribution in [0.3, 0.4) is 0 Å². The molecular formula is C18H35NO. The van der Waals surface area contributed by atoms with Gasteiger partial charge in [-0.25, -0.2) is 0 Å². The van der Waals surface area contributed by atoms with E-state index in [1.54, 1.807) is 6.92 Å². The molecule has 0 atom stereocenters. The summed E-state index contributed by atoms with van der Waals surface area (Å²) >= 11 is 0. The van der Waals surface area contributed by atoms with E-state index in [0.717, 1.165) is 13.0 Å². The van der Waals surface area contributed by atoms with Gasteiger partial charge in [0.05, 0.1) is 0 Å². The van der Waals surface area contributed by atoms with E-state index in [0.29, 0.717) is 5.57 Å². The first kappa shape index (κ1) is 19.2. The molecule has 0 unspecified atom stereocenters. The fourth-order valence-corrected chi connectivity index (χ4v) is 2.32. The lowest BCUT2D eigenvalue weighted by atomic mass is 10.1. The van der Waals surface area contributed by atoms with E-state index in [1.807, 2.05) is 0 Å². The van der Waals surface area contributed by atoms with Crippen molar-refractivity contribution in [1.29, 1.82) is 0 Å². The topological polar surface area (TPSA) is 29.1 Å². The predicted octanol–water partition coefficient (Wildman–Crippen LogP) is 5.38. The molecule has 2 nitrogen and oxygen atoms in total. The summed E-state index contributed by atoms with van der Waals surface area (Å²) in [5.74, 6) is -0.00641. The first-order valence-corrected chi connectivity index (χ1v) is 8.62. The van der Waals surface area contributed by atoms with Crippen LogP contribution in [0.15, 0.2) is 12.2 Å². The average Bonchev–Trinajstić information content (AvgIpc) is 2.43. The molecule has 20 heavy (non-hydrogen) atoms. The second-order valence-corrected chi connectivity index (χ2v) is 5.93. The molecule has 1 amide bonds. The van der Waals surface area contributed by atoms with Crippen LogP contribution in [0.5, 0.6) is 0 Å². The molecule has 118 valence electrons. The van der Waals surface area contributed by atoms with Crippen molar-refractivity contribution in [2.75, 3.05) is 6.54 Å². The average molecular weight is 281 g/mol. The lowest BCUT2D eigenvalue weighted by molar-refractivity contribution is -0.117. The molecule has 0 bridgehead atoms. The Kier molecular flexibility index (Phi) is 14.0. The maximum atomic E-state index is 11.2. The van der Waals surface area contributed by atoms with E-state index in [1.165, 1.54) is 70.6 Å². The third-order valence-electron chi connectivity index (χ3n) is 3.70. The number of rotatable bonds is 14. The van der Waals surface area contributed by atoms with Crippen LogP contribution in [0.25, 0.3) is 0 Å². The maximum absolute atomic E-state index is 11.2. The molecule has 0 aliphatic carbocycles. The summed E-state index contributed by atoms with van der Waals surface area (Å²) < 4.78 is 0. The molecule has 0 spiro atoms. The summed E-state index contributed by atoms with van der Waals surface area (Å²) in [6.45, 7) is 8.43. The molecular weight excluding hydrogens is 246 g/mol. The molecule has 0 aliphatic rings. The summed E-state index contributed by atoms with van der Waals surface area (Å²) in [5, 5.41) is 2.88.